The molecule has 0 saturated heterocycles. The van der Waals surface area contributed by atoms with Crippen molar-refractivity contribution < 1.29 is 9.53 Å². The maximum atomic E-state index is 12.3. The average Bonchev–Trinajstić information content (AvgIpc) is 3.15. The Morgan fingerprint density at radius 1 is 1.22 bits per heavy atom. The molecular formula is C18H18ClN5O2S. The number of amides is 1. The van der Waals surface area contributed by atoms with Gasteiger partial charge >= 0.3 is 0 Å². The lowest BCUT2D eigenvalue weighted by molar-refractivity contribution is -0.119. The molecule has 0 radical (unpaired) electrons. The van der Waals surface area contributed by atoms with Crippen LogP contribution in [0.4, 0.5) is 0 Å². The van der Waals surface area contributed by atoms with Gasteiger partial charge < -0.3 is 10.1 Å². The third-order valence-corrected chi connectivity index (χ3v) is 5.01. The maximum Gasteiger partial charge on any atom is 0.230 e. The molecule has 27 heavy (non-hydrogen) atoms. The van der Waals surface area contributed by atoms with Gasteiger partial charge in [0.25, 0.3) is 0 Å². The van der Waals surface area contributed by atoms with E-state index in [9.17, 15) is 4.79 Å². The van der Waals surface area contributed by atoms with E-state index in [1.54, 1.807) is 23.9 Å². The predicted molar refractivity (Wildman–Crippen MR) is 104 cm³/mol. The molecule has 9 heteroatoms. The van der Waals surface area contributed by atoms with E-state index in [1.807, 2.05) is 43.3 Å². The number of thioether (sulfide) groups is 1. The van der Waals surface area contributed by atoms with Gasteiger partial charge in [0, 0.05) is 5.02 Å². The highest BCUT2D eigenvalue weighted by Crippen LogP contribution is 2.21. The number of benzene rings is 2. The van der Waals surface area contributed by atoms with Gasteiger partial charge in [-0.2, -0.15) is 4.68 Å². The summed E-state index contributed by atoms with van der Waals surface area (Å²) in [4.78, 5) is 12.3. The molecule has 0 aliphatic carbocycles. The molecule has 140 valence electrons. The molecule has 0 aliphatic rings. The summed E-state index contributed by atoms with van der Waals surface area (Å²) in [5, 5.41) is 15.8. The molecule has 0 saturated carbocycles. The monoisotopic (exact) mass is 403 g/mol. The number of tetrazole rings is 1. The molecule has 1 heterocycles. The van der Waals surface area contributed by atoms with Crippen molar-refractivity contribution in [3.05, 3.63) is 59.1 Å². The third kappa shape index (κ3) is 4.99. The molecular weight excluding hydrogens is 386 g/mol. The van der Waals surface area contributed by atoms with Gasteiger partial charge in [-0.05, 0) is 59.3 Å². The Hall–Kier alpha value is -2.58. The van der Waals surface area contributed by atoms with Gasteiger partial charge in [-0.1, -0.05) is 35.5 Å². The molecule has 0 fully saturated rings. The van der Waals surface area contributed by atoms with Crippen LogP contribution in [0.3, 0.4) is 0 Å². The smallest absolute Gasteiger partial charge is 0.230 e. The van der Waals surface area contributed by atoms with Gasteiger partial charge in [0.2, 0.25) is 11.1 Å². The van der Waals surface area contributed by atoms with Crippen LogP contribution in [0.1, 0.15) is 18.5 Å². The Balaban J connectivity index is 1.59. The minimum atomic E-state index is -0.118. The number of nitrogens with zero attached hydrogens (tertiary/aromatic N) is 4. The van der Waals surface area contributed by atoms with Gasteiger partial charge in [-0.25, -0.2) is 0 Å². The first kappa shape index (κ1) is 19.2. The van der Waals surface area contributed by atoms with Gasteiger partial charge in [0.15, 0.2) is 0 Å². The Morgan fingerprint density at radius 2 is 1.93 bits per heavy atom. The van der Waals surface area contributed by atoms with E-state index in [2.05, 4.69) is 20.8 Å². The van der Waals surface area contributed by atoms with Crippen molar-refractivity contribution in [1.82, 2.24) is 25.5 Å². The fourth-order valence-corrected chi connectivity index (χ4v) is 3.23. The minimum absolute atomic E-state index is 0.105. The number of methoxy groups -OCH3 is 1. The van der Waals surface area contributed by atoms with Crippen LogP contribution in [0.5, 0.6) is 5.75 Å². The summed E-state index contributed by atoms with van der Waals surface area (Å²) in [6.45, 7) is 1.92. The van der Waals surface area contributed by atoms with Gasteiger partial charge in [0.05, 0.1) is 24.6 Å². The van der Waals surface area contributed by atoms with Crippen LogP contribution in [0.2, 0.25) is 5.02 Å². The highest BCUT2D eigenvalue weighted by atomic mass is 35.5. The number of nitrogens with one attached hydrogen (secondary N) is 1. The zero-order chi connectivity index (χ0) is 19.2. The molecule has 1 amide bonds. The summed E-state index contributed by atoms with van der Waals surface area (Å²) in [6, 6.07) is 14.6. The number of halogens is 1. The van der Waals surface area contributed by atoms with E-state index >= 15 is 0 Å². The van der Waals surface area contributed by atoms with Crippen molar-refractivity contribution in [1.29, 1.82) is 0 Å². The largest absolute Gasteiger partial charge is 0.497 e. The van der Waals surface area contributed by atoms with Crippen LogP contribution in [0, 0.1) is 0 Å². The van der Waals surface area contributed by atoms with Crippen LogP contribution in [0.15, 0.2) is 53.7 Å². The number of hydrogen-bond acceptors (Lipinski definition) is 6. The molecule has 1 atom stereocenters. The van der Waals surface area contributed by atoms with Crippen molar-refractivity contribution in [2.24, 2.45) is 0 Å². The van der Waals surface area contributed by atoms with E-state index in [0.29, 0.717) is 10.2 Å². The summed E-state index contributed by atoms with van der Waals surface area (Å²) in [6.07, 6.45) is 0. The van der Waals surface area contributed by atoms with E-state index in [0.717, 1.165) is 17.0 Å². The molecule has 0 unspecified atom stereocenters. The van der Waals surface area contributed by atoms with Crippen molar-refractivity contribution in [2.45, 2.75) is 18.1 Å². The Labute approximate surface area is 166 Å². The van der Waals surface area contributed by atoms with Crippen molar-refractivity contribution in [3.8, 4) is 11.4 Å². The summed E-state index contributed by atoms with van der Waals surface area (Å²) in [7, 11) is 1.61. The molecule has 0 spiro atoms. The zero-order valence-corrected chi connectivity index (χ0v) is 16.4. The molecule has 3 aromatic rings. The summed E-state index contributed by atoms with van der Waals surface area (Å²) >= 11 is 7.16. The fraction of sp³-hybridized carbons (Fsp3) is 0.222. The number of carbonyl (C=O) groups is 1. The summed E-state index contributed by atoms with van der Waals surface area (Å²) < 4.78 is 6.73. The first-order valence-corrected chi connectivity index (χ1v) is 9.53. The topological polar surface area (TPSA) is 81.9 Å². The average molecular weight is 404 g/mol. The molecule has 0 bridgehead atoms. The molecule has 3 rings (SSSR count). The predicted octanol–water partition coefficient (Wildman–Crippen LogP) is 3.29. The highest BCUT2D eigenvalue weighted by Gasteiger charge is 2.14. The fourth-order valence-electron chi connectivity index (χ4n) is 2.40. The first-order valence-electron chi connectivity index (χ1n) is 8.17. The lowest BCUT2D eigenvalue weighted by atomic mass is 10.1. The minimum Gasteiger partial charge on any atom is -0.497 e. The number of aromatic nitrogens is 4. The van der Waals surface area contributed by atoms with Crippen molar-refractivity contribution in [3.63, 3.8) is 0 Å². The van der Waals surface area contributed by atoms with Gasteiger partial charge in [0.1, 0.15) is 5.75 Å². The Morgan fingerprint density at radius 3 is 2.59 bits per heavy atom. The van der Waals surface area contributed by atoms with Crippen molar-refractivity contribution in [2.75, 3.05) is 12.9 Å². The summed E-state index contributed by atoms with van der Waals surface area (Å²) in [5.41, 5.74) is 1.78. The summed E-state index contributed by atoms with van der Waals surface area (Å²) in [5.74, 6) is 0.845. The third-order valence-electron chi connectivity index (χ3n) is 3.84. The SMILES string of the molecule is COc1ccc(-n2nnnc2SCC(=O)N[C@@H](C)c2ccc(Cl)cc2)cc1. The number of carbonyl (C=O) groups excluding carboxylic acids is 1. The number of rotatable bonds is 7. The van der Waals surface area contributed by atoms with E-state index in [1.165, 1.54) is 11.8 Å². The van der Waals surface area contributed by atoms with Gasteiger partial charge in [-0.15, -0.1) is 5.10 Å². The Bertz CT molecular complexity index is 899. The maximum absolute atomic E-state index is 12.3. The molecule has 1 N–H and O–H groups in total. The van der Waals surface area contributed by atoms with Crippen LogP contribution < -0.4 is 10.1 Å². The quantitative estimate of drug-likeness (QED) is 0.609. The van der Waals surface area contributed by atoms with E-state index in [4.69, 9.17) is 16.3 Å². The second kappa shape index (κ2) is 8.88. The number of ether oxygens (including phenoxy) is 1. The molecule has 7 nitrogen and oxygen atoms in total. The van der Waals surface area contributed by atoms with Crippen LogP contribution in [0.25, 0.3) is 5.69 Å². The molecule has 1 aromatic heterocycles. The lowest BCUT2D eigenvalue weighted by Gasteiger charge is -2.14. The van der Waals surface area contributed by atoms with Crippen LogP contribution in [-0.2, 0) is 4.79 Å². The van der Waals surface area contributed by atoms with Crippen LogP contribution in [-0.4, -0.2) is 39.0 Å². The lowest BCUT2D eigenvalue weighted by Crippen LogP contribution is -2.28. The highest BCUT2D eigenvalue weighted by molar-refractivity contribution is 7.99. The first-order chi connectivity index (χ1) is 13.1. The molecule has 0 aliphatic heterocycles. The Kier molecular flexibility index (Phi) is 6.31. The van der Waals surface area contributed by atoms with Crippen molar-refractivity contribution >= 4 is 29.3 Å². The standard InChI is InChI=1S/C18H18ClN5O2S/c1-12(13-3-5-14(19)6-4-13)20-17(25)11-27-18-21-22-23-24(18)15-7-9-16(26-2)10-8-15/h3-10,12H,11H2,1-2H3,(H,20,25)/t12-/m0/s1. The molecule has 2 aromatic carbocycles. The van der Waals surface area contributed by atoms with Gasteiger partial charge in [-0.3, -0.25) is 4.79 Å². The second-order valence-corrected chi connectivity index (χ2v) is 7.08. The normalized spacial score (nSPS) is 11.8. The second-order valence-electron chi connectivity index (χ2n) is 5.70. The van der Waals surface area contributed by atoms with E-state index in [-0.39, 0.29) is 17.7 Å². The van der Waals surface area contributed by atoms with Crippen LogP contribution >= 0.6 is 23.4 Å². The zero-order valence-electron chi connectivity index (χ0n) is 14.8. The van der Waals surface area contributed by atoms with E-state index < -0.39 is 0 Å². The number of hydrogen-bond donors (Lipinski definition) is 1.